The van der Waals surface area contributed by atoms with Crippen LogP contribution in [0.5, 0.6) is 0 Å². The van der Waals surface area contributed by atoms with Crippen molar-refractivity contribution in [3.8, 4) is 0 Å². The van der Waals surface area contributed by atoms with Crippen molar-refractivity contribution in [3.63, 3.8) is 0 Å². The van der Waals surface area contributed by atoms with Crippen LogP contribution in [0.4, 0.5) is 0 Å². The largest absolute Gasteiger partial charge is 0.447 e. The van der Waals surface area contributed by atoms with Gasteiger partial charge in [-0.25, -0.2) is 4.98 Å². The van der Waals surface area contributed by atoms with Gasteiger partial charge in [0.1, 0.15) is 5.76 Å². The summed E-state index contributed by atoms with van der Waals surface area (Å²) in [6.45, 7) is 8.26. The maximum atomic E-state index is 12.8. The van der Waals surface area contributed by atoms with Crippen molar-refractivity contribution in [3.05, 3.63) is 17.8 Å². The molecule has 0 spiro atoms. The average molecular weight is 419 g/mol. The standard InChI is InChI=1S/C22H34N4O4/c1-15(2)21-20(24-14-30-21)22(28)23-12-18-6-5-17(26(18)13-16-3-4-16)11-19(27)25-7-9-29-10-8-25/h14-18H,3-13H2,1-2H3,(H,23,28)/t17-,18+/m1/s1. The number of carbonyl (C=O) groups excluding carboxylic acids is 2. The highest BCUT2D eigenvalue weighted by atomic mass is 16.5. The highest BCUT2D eigenvalue weighted by molar-refractivity contribution is 5.93. The third-order valence-electron chi connectivity index (χ3n) is 6.54. The maximum Gasteiger partial charge on any atom is 0.273 e. The van der Waals surface area contributed by atoms with E-state index in [1.54, 1.807) is 0 Å². The molecule has 2 aliphatic heterocycles. The predicted octanol–water partition coefficient (Wildman–Crippen LogP) is 2.02. The van der Waals surface area contributed by atoms with E-state index in [0.717, 1.165) is 25.3 Å². The van der Waals surface area contributed by atoms with E-state index >= 15 is 0 Å². The first kappa shape index (κ1) is 21.3. The molecule has 1 aromatic rings. The van der Waals surface area contributed by atoms with Gasteiger partial charge in [0, 0.05) is 50.6 Å². The normalized spacial score (nSPS) is 25.1. The number of nitrogens with one attached hydrogen (secondary N) is 1. The van der Waals surface area contributed by atoms with E-state index in [9.17, 15) is 9.59 Å². The number of aromatic nitrogens is 1. The number of ether oxygens (including phenoxy) is 1. The van der Waals surface area contributed by atoms with E-state index in [1.165, 1.54) is 19.2 Å². The number of morpholine rings is 1. The van der Waals surface area contributed by atoms with Crippen LogP contribution in [0.3, 0.4) is 0 Å². The molecule has 30 heavy (non-hydrogen) atoms. The molecule has 3 heterocycles. The zero-order chi connectivity index (χ0) is 21.1. The van der Waals surface area contributed by atoms with Gasteiger partial charge in [-0.05, 0) is 31.6 Å². The zero-order valence-electron chi connectivity index (χ0n) is 18.1. The van der Waals surface area contributed by atoms with Gasteiger partial charge >= 0.3 is 0 Å². The average Bonchev–Trinajstić information content (AvgIpc) is 3.28. The molecule has 166 valence electrons. The summed E-state index contributed by atoms with van der Waals surface area (Å²) in [5.74, 6) is 1.54. The molecule has 1 aromatic heterocycles. The van der Waals surface area contributed by atoms with Crippen LogP contribution in [0.1, 0.15) is 68.1 Å². The molecule has 1 saturated carbocycles. The van der Waals surface area contributed by atoms with E-state index in [1.807, 2.05) is 18.7 Å². The molecular weight excluding hydrogens is 384 g/mol. The third-order valence-corrected chi connectivity index (χ3v) is 6.54. The van der Waals surface area contributed by atoms with Gasteiger partial charge in [-0.2, -0.15) is 0 Å². The SMILES string of the molecule is CC(C)c1ocnc1C(=O)NC[C@@H]1CC[C@H](CC(=O)N2CCOCC2)N1CC1CC1. The number of rotatable bonds is 8. The lowest BCUT2D eigenvalue weighted by Gasteiger charge is -2.33. The van der Waals surface area contributed by atoms with Crippen molar-refractivity contribution >= 4 is 11.8 Å². The van der Waals surface area contributed by atoms with Crippen LogP contribution in [-0.4, -0.2) is 78.1 Å². The number of carbonyl (C=O) groups is 2. The van der Waals surface area contributed by atoms with Gasteiger partial charge in [-0.15, -0.1) is 0 Å². The van der Waals surface area contributed by atoms with Gasteiger partial charge in [0.15, 0.2) is 12.1 Å². The first-order chi connectivity index (χ1) is 14.5. The number of hydrogen-bond donors (Lipinski definition) is 1. The van der Waals surface area contributed by atoms with Gasteiger partial charge in [0.2, 0.25) is 5.91 Å². The smallest absolute Gasteiger partial charge is 0.273 e. The lowest BCUT2D eigenvalue weighted by molar-refractivity contribution is -0.136. The minimum atomic E-state index is -0.174. The first-order valence-electron chi connectivity index (χ1n) is 11.4. The fourth-order valence-electron chi connectivity index (χ4n) is 4.62. The van der Waals surface area contributed by atoms with Crippen molar-refractivity contribution in [1.82, 2.24) is 20.1 Å². The zero-order valence-corrected chi connectivity index (χ0v) is 18.1. The van der Waals surface area contributed by atoms with Gasteiger partial charge in [0.05, 0.1) is 13.2 Å². The van der Waals surface area contributed by atoms with Crippen LogP contribution < -0.4 is 5.32 Å². The number of nitrogens with zero attached hydrogens (tertiary/aromatic N) is 3. The Bertz CT molecular complexity index is 739. The molecule has 8 heteroatoms. The van der Waals surface area contributed by atoms with E-state index in [0.29, 0.717) is 50.7 Å². The Morgan fingerprint density at radius 3 is 2.60 bits per heavy atom. The molecular formula is C22H34N4O4. The number of hydrogen-bond acceptors (Lipinski definition) is 6. The maximum absolute atomic E-state index is 12.8. The van der Waals surface area contributed by atoms with Gasteiger partial charge in [-0.1, -0.05) is 13.8 Å². The Morgan fingerprint density at radius 2 is 1.90 bits per heavy atom. The van der Waals surface area contributed by atoms with E-state index in [-0.39, 0.29) is 29.8 Å². The molecule has 0 unspecified atom stereocenters. The minimum absolute atomic E-state index is 0.113. The Hall–Kier alpha value is -1.93. The highest BCUT2D eigenvalue weighted by Gasteiger charge is 2.38. The van der Waals surface area contributed by atoms with Crippen LogP contribution in [-0.2, 0) is 9.53 Å². The summed E-state index contributed by atoms with van der Waals surface area (Å²) in [5, 5.41) is 3.07. The molecule has 3 fully saturated rings. The first-order valence-corrected chi connectivity index (χ1v) is 11.4. The number of amides is 2. The fourth-order valence-corrected chi connectivity index (χ4v) is 4.62. The minimum Gasteiger partial charge on any atom is -0.447 e. The quantitative estimate of drug-likeness (QED) is 0.695. The predicted molar refractivity (Wildman–Crippen MR) is 111 cm³/mol. The molecule has 0 bridgehead atoms. The second kappa shape index (κ2) is 9.47. The second-order valence-corrected chi connectivity index (χ2v) is 9.15. The Kier molecular flexibility index (Phi) is 6.73. The lowest BCUT2D eigenvalue weighted by Crippen LogP contribution is -2.47. The molecule has 3 aliphatic rings. The van der Waals surface area contributed by atoms with Crippen molar-refractivity contribution in [2.24, 2.45) is 5.92 Å². The van der Waals surface area contributed by atoms with Crippen molar-refractivity contribution in [2.45, 2.75) is 64.0 Å². The van der Waals surface area contributed by atoms with E-state index in [4.69, 9.17) is 9.15 Å². The Balaban J connectivity index is 1.34. The fraction of sp³-hybridized carbons (Fsp3) is 0.773. The molecule has 1 aliphatic carbocycles. The third kappa shape index (κ3) is 5.03. The summed E-state index contributed by atoms with van der Waals surface area (Å²) >= 11 is 0. The highest BCUT2D eigenvalue weighted by Crippen LogP contribution is 2.35. The molecule has 4 rings (SSSR count). The van der Waals surface area contributed by atoms with E-state index < -0.39 is 0 Å². The van der Waals surface area contributed by atoms with E-state index in [2.05, 4.69) is 15.2 Å². The molecule has 2 amide bonds. The number of likely N-dealkylation sites (tertiary alicyclic amines) is 1. The molecule has 0 aromatic carbocycles. The van der Waals surface area contributed by atoms with Crippen molar-refractivity contribution < 1.29 is 18.7 Å². The molecule has 2 saturated heterocycles. The number of oxazole rings is 1. The van der Waals surface area contributed by atoms with Gasteiger partial charge < -0.3 is 19.4 Å². The van der Waals surface area contributed by atoms with Crippen LogP contribution in [0.2, 0.25) is 0 Å². The Labute approximate surface area is 178 Å². The summed E-state index contributed by atoms with van der Waals surface area (Å²) in [6, 6.07) is 0.535. The van der Waals surface area contributed by atoms with Crippen LogP contribution in [0.25, 0.3) is 0 Å². The van der Waals surface area contributed by atoms with Crippen LogP contribution >= 0.6 is 0 Å². The summed E-state index contributed by atoms with van der Waals surface area (Å²) in [4.78, 5) is 34.0. The summed E-state index contributed by atoms with van der Waals surface area (Å²) in [5.41, 5.74) is 0.385. The van der Waals surface area contributed by atoms with Crippen LogP contribution in [0.15, 0.2) is 10.8 Å². The van der Waals surface area contributed by atoms with Crippen molar-refractivity contribution in [1.29, 1.82) is 0 Å². The van der Waals surface area contributed by atoms with Gasteiger partial charge in [-0.3, -0.25) is 14.5 Å². The summed E-state index contributed by atoms with van der Waals surface area (Å²) in [6.07, 6.45) is 6.46. The molecule has 2 atom stereocenters. The topological polar surface area (TPSA) is 87.9 Å². The molecule has 1 N–H and O–H groups in total. The lowest BCUT2D eigenvalue weighted by atomic mass is 10.1. The summed E-state index contributed by atoms with van der Waals surface area (Å²) in [7, 11) is 0. The monoisotopic (exact) mass is 418 g/mol. The van der Waals surface area contributed by atoms with Gasteiger partial charge in [0.25, 0.3) is 5.91 Å². The molecule has 8 nitrogen and oxygen atoms in total. The summed E-state index contributed by atoms with van der Waals surface area (Å²) < 4.78 is 10.8. The van der Waals surface area contributed by atoms with Crippen LogP contribution in [0, 0.1) is 5.92 Å². The second-order valence-electron chi connectivity index (χ2n) is 9.15. The van der Waals surface area contributed by atoms with Crippen molar-refractivity contribution in [2.75, 3.05) is 39.4 Å². The molecule has 0 radical (unpaired) electrons. The Morgan fingerprint density at radius 1 is 1.17 bits per heavy atom.